The van der Waals surface area contributed by atoms with Crippen LogP contribution in [0.3, 0.4) is 0 Å². The van der Waals surface area contributed by atoms with Crippen molar-refractivity contribution in [3.63, 3.8) is 0 Å². The summed E-state index contributed by atoms with van der Waals surface area (Å²) in [6, 6.07) is 0. The summed E-state index contributed by atoms with van der Waals surface area (Å²) in [4.78, 5) is 12.9. The molecule has 6 atom stereocenters. The number of aliphatic hydroxyl groups is 4. The Bertz CT molecular complexity index is 1100. The Morgan fingerprint density at radius 2 is 0.809 bits per heavy atom. The number of hydrogen-bond donors (Lipinski definition) is 4. The van der Waals surface area contributed by atoms with Gasteiger partial charge in [-0.15, -0.1) is 0 Å². The van der Waals surface area contributed by atoms with Gasteiger partial charge < -0.3 is 39.4 Å². The fourth-order valence-corrected chi connectivity index (χ4v) is 9.25. The average Bonchev–Trinajstić information content (AvgIpc) is 3.34. The molecule has 0 aliphatic carbocycles. The normalized spacial score (nSPS) is 19.2. The van der Waals surface area contributed by atoms with E-state index in [2.05, 4.69) is 38.2 Å². The Hall–Kier alpha value is -1.33. The van der Waals surface area contributed by atoms with Crippen LogP contribution in [0.15, 0.2) is 24.3 Å². The van der Waals surface area contributed by atoms with Gasteiger partial charge in [0.15, 0.2) is 6.29 Å². The van der Waals surface area contributed by atoms with Gasteiger partial charge in [-0.1, -0.05) is 237 Å². The molecule has 6 unspecified atom stereocenters. The minimum absolute atomic E-state index is 0.110. The van der Waals surface area contributed by atoms with Crippen molar-refractivity contribution >= 4 is 5.97 Å². The van der Waals surface area contributed by atoms with E-state index in [0.717, 1.165) is 32.1 Å². The first-order valence-electron chi connectivity index (χ1n) is 29.4. The minimum atomic E-state index is -1.54. The van der Waals surface area contributed by atoms with E-state index < -0.39 is 43.4 Å². The number of carbonyl (C=O) groups is 1. The van der Waals surface area contributed by atoms with Crippen molar-refractivity contribution in [1.82, 2.24) is 0 Å². The molecule has 0 spiro atoms. The number of aliphatic hydroxyl groups excluding tert-OH is 4. The van der Waals surface area contributed by atoms with E-state index in [9.17, 15) is 25.2 Å². The monoisotopic (exact) mass is 965 g/mol. The van der Waals surface area contributed by atoms with E-state index in [0.29, 0.717) is 13.0 Å². The van der Waals surface area contributed by atoms with Gasteiger partial charge in [-0.05, 0) is 64.2 Å². The SMILES string of the molecule is CCCCCCCC/C=C\CCCCCCCCCCCCOCC(COC1OC(CO)C(O)C(O)C1O)OC(=O)CCCCCCCCCCCCCCC/C=C\CCCCCCCCCC. The number of esters is 1. The van der Waals surface area contributed by atoms with Gasteiger partial charge in [-0.2, -0.15) is 0 Å². The maximum Gasteiger partial charge on any atom is 0.306 e. The lowest BCUT2D eigenvalue weighted by atomic mass is 9.99. The molecular formula is C59H112O9. The Kier molecular flexibility index (Phi) is 48.1. The molecule has 9 nitrogen and oxygen atoms in total. The van der Waals surface area contributed by atoms with Crippen molar-refractivity contribution < 1.29 is 44.2 Å². The molecule has 1 rings (SSSR count). The summed E-state index contributed by atoms with van der Waals surface area (Å²) in [5, 5.41) is 40.4. The van der Waals surface area contributed by atoms with Gasteiger partial charge in [0, 0.05) is 13.0 Å². The Balaban J connectivity index is 2.13. The summed E-state index contributed by atoms with van der Waals surface area (Å²) in [6.45, 7) is 4.61. The highest BCUT2D eigenvalue weighted by atomic mass is 16.7. The molecule has 1 saturated heterocycles. The van der Waals surface area contributed by atoms with Crippen LogP contribution < -0.4 is 0 Å². The molecule has 1 aliphatic heterocycles. The van der Waals surface area contributed by atoms with Crippen LogP contribution in [0.5, 0.6) is 0 Å². The molecule has 0 bridgehead atoms. The third kappa shape index (κ3) is 40.3. The summed E-state index contributed by atoms with van der Waals surface area (Å²) >= 11 is 0. The summed E-state index contributed by atoms with van der Waals surface area (Å²) in [6.07, 6.45) is 55.1. The maximum atomic E-state index is 12.9. The van der Waals surface area contributed by atoms with Crippen LogP contribution in [0.25, 0.3) is 0 Å². The van der Waals surface area contributed by atoms with Gasteiger partial charge >= 0.3 is 5.97 Å². The van der Waals surface area contributed by atoms with E-state index in [1.54, 1.807) is 0 Å². The lowest BCUT2D eigenvalue weighted by Gasteiger charge is -2.39. The first-order chi connectivity index (χ1) is 33.4. The van der Waals surface area contributed by atoms with Crippen LogP contribution in [0.2, 0.25) is 0 Å². The van der Waals surface area contributed by atoms with Crippen LogP contribution in [-0.2, 0) is 23.7 Å². The lowest BCUT2D eigenvalue weighted by Crippen LogP contribution is -2.59. The molecule has 1 aliphatic rings. The second kappa shape index (κ2) is 50.6. The highest BCUT2D eigenvalue weighted by molar-refractivity contribution is 5.69. The molecule has 1 heterocycles. The van der Waals surface area contributed by atoms with Crippen molar-refractivity contribution in [2.24, 2.45) is 0 Å². The van der Waals surface area contributed by atoms with Gasteiger partial charge in [0.25, 0.3) is 0 Å². The molecule has 9 heteroatoms. The third-order valence-corrected chi connectivity index (χ3v) is 13.8. The molecule has 0 saturated carbocycles. The van der Waals surface area contributed by atoms with Crippen molar-refractivity contribution in [2.75, 3.05) is 26.4 Å². The molecule has 68 heavy (non-hydrogen) atoms. The van der Waals surface area contributed by atoms with E-state index in [-0.39, 0.29) is 19.2 Å². The van der Waals surface area contributed by atoms with Crippen LogP contribution in [-0.4, -0.2) is 89.6 Å². The van der Waals surface area contributed by atoms with E-state index in [1.807, 2.05) is 0 Å². The zero-order chi connectivity index (χ0) is 49.2. The fraction of sp³-hybridized carbons (Fsp3) is 0.915. The van der Waals surface area contributed by atoms with Gasteiger partial charge in [0.05, 0.1) is 19.8 Å². The topological polar surface area (TPSA) is 135 Å². The van der Waals surface area contributed by atoms with Crippen molar-refractivity contribution in [2.45, 2.75) is 320 Å². The molecule has 0 aromatic heterocycles. The Morgan fingerprint density at radius 1 is 0.456 bits per heavy atom. The number of unbranched alkanes of at least 4 members (excludes halogenated alkanes) is 37. The average molecular weight is 966 g/mol. The minimum Gasteiger partial charge on any atom is -0.457 e. The van der Waals surface area contributed by atoms with Crippen LogP contribution in [0, 0.1) is 0 Å². The Morgan fingerprint density at radius 3 is 1.19 bits per heavy atom. The number of carbonyl (C=O) groups excluding carboxylic acids is 1. The van der Waals surface area contributed by atoms with Crippen molar-refractivity contribution in [1.29, 1.82) is 0 Å². The predicted octanol–water partition coefficient (Wildman–Crippen LogP) is 15.3. The fourth-order valence-electron chi connectivity index (χ4n) is 9.25. The van der Waals surface area contributed by atoms with Crippen LogP contribution in [0.1, 0.15) is 284 Å². The van der Waals surface area contributed by atoms with E-state index in [1.165, 1.54) is 231 Å². The summed E-state index contributed by atoms with van der Waals surface area (Å²) < 4.78 is 23.0. The molecule has 0 aromatic rings. The smallest absolute Gasteiger partial charge is 0.306 e. The predicted molar refractivity (Wildman–Crippen MR) is 284 cm³/mol. The van der Waals surface area contributed by atoms with Gasteiger partial charge in [0.1, 0.15) is 30.5 Å². The number of ether oxygens (including phenoxy) is 4. The molecule has 4 N–H and O–H groups in total. The molecule has 1 fully saturated rings. The summed E-state index contributed by atoms with van der Waals surface area (Å²) in [5.74, 6) is -0.308. The maximum absolute atomic E-state index is 12.9. The molecule has 402 valence electrons. The lowest BCUT2D eigenvalue weighted by molar-refractivity contribution is -0.305. The molecule has 0 amide bonds. The quantitative estimate of drug-likeness (QED) is 0.0267. The molecule has 0 aromatic carbocycles. The zero-order valence-electron chi connectivity index (χ0n) is 44.6. The second-order valence-corrected chi connectivity index (χ2v) is 20.4. The van der Waals surface area contributed by atoms with Crippen LogP contribution >= 0.6 is 0 Å². The number of hydrogen-bond acceptors (Lipinski definition) is 9. The summed E-state index contributed by atoms with van der Waals surface area (Å²) in [5.41, 5.74) is 0. The molecule has 0 radical (unpaired) electrons. The number of rotatable bonds is 52. The van der Waals surface area contributed by atoms with Gasteiger partial charge in [-0.3, -0.25) is 4.79 Å². The molecular weight excluding hydrogens is 853 g/mol. The zero-order valence-corrected chi connectivity index (χ0v) is 44.6. The first-order valence-corrected chi connectivity index (χ1v) is 29.4. The highest BCUT2D eigenvalue weighted by Crippen LogP contribution is 2.23. The van der Waals surface area contributed by atoms with Crippen LogP contribution in [0.4, 0.5) is 0 Å². The Labute approximate surface area is 419 Å². The second-order valence-electron chi connectivity index (χ2n) is 20.4. The van der Waals surface area contributed by atoms with E-state index >= 15 is 0 Å². The summed E-state index contributed by atoms with van der Waals surface area (Å²) in [7, 11) is 0. The van der Waals surface area contributed by atoms with E-state index in [4.69, 9.17) is 18.9 Å². The first kappa shape index (κ1) is 64.7. The standard InChI is InChI=1S/C59H112O9/c1-3-5-7-9-11-13-15-17-19-21-23-25-26-27-28-29-30-32-34-36-38-40-42-44-46-48-55(61)67-53(52-66-59-58(64)57(63)56(62)54(50-60)68-59)51-65-49-47-45-43-41-39-37-35-33-31-24-22-20-18-16-14-12-10-8-6-4-2/h18,20-21,23,53-54,56-60,62-64H,3-17,19,22,24-52H2,1-2H3/b20-18-,23-21-. The highest BCUT2D eigenvalue weighted by Gasteiger charge is 2.44. The van der Waals surface area contributed by atoms with Crippen molar-refractivity contribution in [3.8, 4) is 0 Å². The third-order valence-electron chi connectivity index (χ3n) is 13.8. The number of allylic oxidation sites excluding steroid dienone is 4. The van der Waals surface area contributed by atoms with Gasteiger partial charge in [0.2, 0.25) is 0 Å². The van der Waals surface area contributed by atoms with Gasteiger partial charge in [-0.25, -0.2) is 0 Å². The van der Waals surface area contributed by atoms with Crippen molar-refractivity contribution in [3.05, 3.63) is 24.3 Å². The largest absolute Gasteiger partial charge is 0.457 e.